The number of nitrogens with zero attached hydrogens (tertiary/aromatic N) is 2. The fraction of sp³-hybridized carbons (Fsp3) is 0.333. The second kappa shape index (κ2) is 4.79. The summed E-state index contributed by atoms with van der Waals surface area (Å²) in [5.74, 6) is 0.951. The number of carbonyl (C=O) groups excluding carboxylic acids is 1. The Morgan fingerprint density at radius 1 is 1.50 bits per heavy atom. The predicted octanol–water partition coefficient (Wildman–Crippen LogP) is 2.31. The zero-order valence-corrected chi connectivity index (χ0v) is 9.22. The van der Waals surface area contributed by atoms with Gasteiger partial charge in [0.2, 0.25) is 0 Å². The van der Waals surface area contributed by atoms with Crippen molar-refractivity contribution in [3.8, 4) is 0 Å². The lowest BCUT2D eigenvalue weighted by Gasteiger charge is -2.02. The first kappa shape index (κ1) is 10.7. The number of aryl methyl sites for hydroxylation is 2. The molecule has 0 saturated carbocycles. The Bertz CT molecular complexity index is 457. The molecular formula is C12H14N2O2. The minimum atomic E-state index is 0.107. The van der Waals surface area contributed by atoms with Crippen molar-refractivity contribution in [2.75, 3.05) is 0 Å². The normalized spacial score (nSPS) is 10.6. The molecule has 0 radical (unpaired) electrons. The van der Waals surface area contributed by atoms with E-state index in [0.29, 0.717) is 18.5 Å². The molecule has 0 aliphatic heterocycles. The molecule has 0 aliphatic rings. The summed E-state index contributed by atoms with van der Waals surface area (Å²) in [6.07, 6.45) is 4.37. The van der Waals surface area contributed by atoms with E-state index in [4.69, 9.17) is 4.42 Å². The van der Waals surface area contributed by atoms with Crippen LogP contribution in [0, 0.1) is 0 Å². The van der Waals surface area contributed by atoms with E-state index >= 15 is 0 Å². The van der Waals surface area contributed by atoms with Gasteiger partial charge in [0.05, 0.1) is 6.26 Å². The second-order valence-electron chi connectivity index (χ2n) is 3.53. The monoisotopic (exact) mass is 218 g/mol. The first-order chi connectivity index (χ1) is 7.81. The Kier molecular flexibility index (Phi) is 3.19. The molecule has 0 saturated heterocycles. The van der Waals surface area contributed by atoms with Crippen molar-refractivity contribution < 1.29 is 9.21 Å². The molecule has 0 amide bonds. The smallest absolute Gasteiger partial charge is 0.181 e. The van der Waals surface area contributed by atoms with Crippen LogP contribution in [-0.2, 0) is 13.0 Å². The van der Waals surface area contributed by atoms with E-state index in [1.54, 1.807) is 23.2 Å². The van der Waals surface area contributed by atoms with Gasteiger partial charge < -0.3 is 4.42 Å². The summed E-state index contributed by atoms with van der Waals surface area (Å²) >= 11 is 0. The maximum absolute atomic E-state index is 11.9. The van der Waals surface area contributed by atoms with Gasteiger partial charge in [-0.05, 0) is 25.1 Å². The van der Waals surface area contributed by atoms with Crippen LogP contribution in [0.4, 0.5) is 0 Å². The van der Waals surface area contributed by atoms with Crippen LogP contribution in [-0.4, -0.2) is 15.6 Å². The quantitative estimate of drug-likeness (QED) is 0.723. The van der Waals surface area contributed by atoms with E-state index in [9.17, 15) is 4.79 Å². The Hall–Kier alpha value is -1.84. The number of Topliss-reactive ketones (excluding diaryl/α,β-unsaturated/α-hetero) is 1. The number of aromatic nitrogens is 2. The van der Waals surface area contributed by atoms with Gasteiger partial charge in [-0.3, -0.25) is 9.48 Å². The first-order valence-electron chi connectivity index (χ1n) is 5.38. The molecule has 0 fully saturated rings. The van der Waals surface area contributed by atoms with Crippen LogP contribution >= 0.6 is 0 Å². The van der Waals surface area contributed by atoms with E-state index in [2.05, 4.69) is 5.10 Å². The summed E-state index contributed by atoms with van der Waals surface area (Å²) in [6.45, 7) is 2.69. The van der Waals surface area contributed by atoms with Gasteiger partial charge in [0.15, 0.2) is 5.78 Å². The summed E-state index contributed by atoms with van der Waals surface area (Å²) in [7, 11) is 0. The summed E-state index contributed by atoms with van der Waals surface area (Å²) in [5.41, 5.74) is 0.675. The largest absolute Gasteiger partial charge is 0.469 e. The molecule has 2 rings (SSSR count). The predicted molar refractivity (Wildman–Crippen MR) is 59.3 cm³/mol. The van der Waals surface area contributed by atoms with Gasteiger partial charge in [0.25, 0.3) is 0 Å². The van der Waals surface area contributed by atoms with Crippen molar-refractivity contribution in [2.24, 2.45) is 0 Å². The van der Waals surface area contributed by atoms with Crippen LogP contribution in [0.5, 0.6) is 0 Å². The lowest BCUT2D eigenvalue weighted by molar-refractivity contribution is 0.0970. The number of hydrogen-bond acceptors (Lipinski definition) is 3. The molecule has 0 unspecified atom stereocenters. The van der Waals surface area contributed by atoms with Gasteiger partial charge in [0, 0.05) is 25.6 Å². The van der Waals surface area contributed by atoms with Crippen LogP contribution in [0.25, 0.3) is 0 Å². The lowest BCUT2D eigenvalue weighted by Crippen LogP contribution is -2.10. The van der Waals surface area contributed by atoms with Gasteiger partial charge in [0.1, 0.15) is 11.5 Å². The average Bonchev–Trinajstić information content (AvgIpc) is 2.96. The molecule has 4 nitrogen and oxygen atoms in total. The Morgan fingerprint density at radius 2 is 2.38 bits per heavy atom. The Labute approximate surface area is 93.9 Å². The second-order valence-corrected chi connectivity index (χ2v) is 3.53. The summed E-state index contributed by atoms with van der Waals surface area (Å²) < 4.78 is 6.90. The summed E-state index contributed by atoms with van der Waals surface area (Å²) in [4.78, 5) is 11.9. The van der Waals surface area contributed by atoms with E-state index in [1.807, 2.05) is 19.1 Å². The maximum Gasteiger partial charge on any atom is 0.181 e. The molecule has 2 aromatic heterocycles. The lowest BCUT2D eigenvalue weighted by atomic mass is 10.1. The topological polar surface area (TPSA) is 48.0 Å². The van der Waals surface area contributed by atoms with Crippen LogP contribution in [0.15, 0.2) is 35.1 Å². The van der Waals surface area contributed by atoms with Gasteiger partial charge in [-0.1, -0.05) is 0 Å². The van der Waals surface area contributed by atoms with E-state index in [1.165, 1.54) is 0 Å². The standard InChI is InChI=1S/C12H14N2O2/c1-2-14-11(7-8-13-14)12(15)6-5-10-4-3-9-16-10/h3-4,7-9H,2,5-6H2,1H3. The molecule has 0 atom stereocenters. The highest BCUT2D eigenvalue weighted by Gasteiger charge is 2.11. The molecule has 0 bridgehead atoms. The van der Waals surface area contributed by atoms with Crippen molar-refractivity contribution in [1.29, 1.82) is 0 Å². The zero-order valence-electron chi connectivity index (χ0n) is 9.22. The SMILES string of the molecule is CCn1nccc1C(=O)CCc1ccco1. The van der Waals surface area contributed by atoms with Gasteiger partial charge in [-0.15, -0.1) is 0 Å². The molecule has 2 heterocycles. The third-order valence-electron chi connectivity index (χ3n) is 2.48. The van der Waals surface area contributed by atoms with Crippen LogP contribution < -0.4 is 0 Å². The molecule has 2 aromatic rings. The molecule has 0 aliphatic carbocycles. The molecular weight excluding hydrogens is 204 g/mol. The highest BCUT2D eigenvalue weighted by Crippen LogP contribution is 2.08. The van der Waals surface area contributed by atoms with E-state index in [0.717, 1.165) is 12.3 Å². The molecule has 84 valence electrons. The fourth-order valence-electron chi connectivity index (χ4n) is 1.64. The highest BCUT2D eigenvalue weighted by atomic mass is 16.3. The van der Waals surface area contributed by atoms with Gasteiger partial charge in [-0.2, -0.15) is 5.10 Å². The number of ketones is 1. The molecule has 0 spiro atoms. The van der Waals surface area contributed by atoms with E-state index in [-0.39, 0.29) is 5.78 Å². The van der Waals surface area contributed by atoms with Gasteiger partial charge in [-0.25, -0.2) is 0 Å². The molecule has 0 N–H and O–H groups in total. The molecule has 16 heavy (non-hydrogen) atoms. The average molecular weight is 218 g/mol. The number of furan rings is 1. The molecule has 0 aromatic carbocycles. The first-order valence-corrected chi connectivity index (χ1v) is 5.38. The van der Waals surface area contributed by atoms with Crippen LogP contribution in [0.1, 0.15) is 29.6 Å². The number of carbonyl (C=O) groups is 1. The highest BCUT2D eigenvalue weighted by molar-refractivity contribution is 5.94. The minimum Gasteiger partial charge on any atom is -0.469 e. The minimum absolute atomic E-state index is 0.107. The maximum atomic E-state index is 11.9. The fourth-order valence-corrected chi connectivity index (χ4v) is 1.64. The van der Waals surface area contributed by atoms with Crippen molar-refractivity contribution >= 4 is 5.78 Å². The van der Waals surface area contributed by atoms with E-state index < -0.39 is 0 Å². The van der Waals surface area contributed by atoms with Crippen molar-refractivity contribution in [3.05, 3.63) is 42.1 Å². The zero-order chi connectivity index (χ0) is 11.4. The van der Waals surface area contributed by atoms with Crippen molar-refractivity contribution in [2.45, 2.75) is 26.3 Å². The molecule has 4 heteroatoms. The summed E-state index contributed by atoms with van der Waals surface area (Å²) in [5, 5.41) is 4.07. The number of hydrogen-bond donors (Lipinski definition) is 0. The van der Waals surface area contributed by atoms with Crippen LogP contribution in [0.2, 0.25) is 0 Å². The van der Waals surface area contributed by atoms with Gasteiger partial charge >= 0.3 is 0 Å². The Morgan fingerprint density at radius 3 is 3.06 bits per heavy atom. The number of rotatable bonds is 5. The Balaban J connectivity index is 1.98. The van der Waals surface area contributed by atoms with Crippen molar-refractivity contribution in [3.63, 3.8) is 0 Å². The third kappa shape index (κ3) is 2.21. The summed E-state index contributed by atoms with van der Waals surface area (Å²) in [6, 6.07) is 5.47. The third-order valence-corrected chi connectivity index (χ3v) is 2.48. The van der Waals surface area contributed by atoms with Crippen molar-refractivity contribution in [1.82, 2.24) is 9.78 Å². The van der Waals surface area contributed by atoms with Crippen LogP contribution in [0.3, 0.4) is 0 Å².